The van der Waals surface area contributed by atoms with Crippen LogP contribution >= 0.6 is 11.6 Å². The molecule has 11 heteroatoms. The van der Waals surface area contributed by atoms with Gasteiger partial charge in [-0.25, -0.2) is 14.8 Å². The fourth-order valence-corrected chi connectivity index (χ4v) is 3.61. The lowest BCUT2D eigenvalue weighted by atomic mass is 10.2. The van der Waals surface area contributed by atoms with Crippen LogP contribution in [0.5, 0.6) is 5.75 Å². The number of fused-ring (bicyclic) bond motifs is 1. The van der Waals surface area contributed by atoms with Gasteiger partial charge in [0.1, 0.15) is 23.8 Å². The molecule has 0 saturated heterocycles. The average Bonchev–Trinajstić information content (AvgIpc) is 3.31. The summed E-state index contributed by atoms with van der Waals surface area (Å²) in [6.45, 7) is -0.170. The van der Waals surface area contributed by atoms with Crippen molar-refractivity contribution < 1.29 is 19.1 Å². The molecule has 0 spiro atoms. The minimum absolute atomic E-state index is 0.170. The number of ether oxygens (including phenoxy) is 2. The maximum absolute atomic E-state index is 13.4. The van der Waals surface area contributed by atoms with E-state index in [0.29, 0.717) is 44.7 Å². The number of halogens is 1. The Morgan fingerprint density at radius 1 is 1.14 bits per heavy atom. The Morgan fingerprint density at radius 3 is 2.66 bits per heavy atom. The summed E-state index contributed by atoms with van der Waals surface area (Å²) in [4.78, 5) is 34.7. The van der Waals surface area contributed by atoms with Crippen LogP contribution in [0.15, 0.2) is 61.1 Å². The maximum Gasteiger partial charge on any atom is 0.412 e. The van der Waals surface area contributed by atoms with Gasteiger partial charge in [0.25, 0.3) is 5.91 Å². The Balaban J connectivity index is 1.68. The minimum atomic E-state index is -0.622. The summed E-state index contributed by atoms with van der Waals surface area (Å²) < 4.78 is 11.6. The van der Waals surface area contributed by atoms with Crippen LogP contribution in [0, 0.1) is 11.3 Å². The molecular weight excluding hydrogens is 472 g/mol. The first kappa shape index (κ1) is 23.5. The van der Waals surface area contributed by atoms with Gasteiger partial charge in [-0.3, -0.25) is 19.4 Å². The molecule has 0 unspecified atom stereocenters. The smallest absolute Gasteiger partial charge is 0.412 e. The highest BCUT2D eigenvalue weighted by atomic mass is 35.5. The second-order valence-electron chi connectivity index (χ2n) is 7.21. The number of rotatable bonds is 6. The standard InChI is InChI=1S/C24H19ClN6O4/c1-34-20-11-17(5-6-18(20)25)30(10-9-26)23(32)16-4-8-22-28-13-19(31(22)14-16)15-3-7-21(27-12-15)29-24(33)35-2/h3-8,11-14H,10H2,1-2H3,(H,27,29,33). The Bertz CT molecular complexity index is 1440. The van der Waals surface area contributed by atoms with Crippen molar-refractivity contribution in [2.45, 2.75) is 0 Å². The summed E-state index contributed by atoms with van der Waals surface area (Å²) in [5.41, 5.74) is 2.84. The highest BCUT2D eigenvalue weighted by Crippen LogP contribution is 2.30. The molecule has 0 radical (unpaired) electrons. The van der Waals surface area contributed by atoms with Crippen molar-refractivity contribution >= 4 is 40.8 Å². The molecule has 4 rings (SSSR count). The van der Waals surface area contributed by atoms with E-state index in [1.807, 2.05) is 6.07 Å². The molecule has 0 aliphatic carbocycles. The Kier molecular flexibility index (Phi) is 6.80. The van der Waals surface area contributed by atoms with Crippen molar-refractivity contribution in [3.63, 3.8) is 0 Å². The number of hydrogen-bond donors (Lipinski definition) is 1. The summed E-state index contributed by atoms with van der Waals surface area (Å²) in [7, 11) is 2.74. The first-order valence-corrected chi connectivity index (χ1v) is 10.6. The molecule has 0 bridgehead atoms. The SMILES string of the molecule is COC(=O)Nc1ccc(-c2cnc3ccc(C(=O)N(CC#N)c4ccc(Cl)c(OC)c4)cn23)cn1. The van der Waals surface area contributed by atoms with Gasteiger partial charge in [-0.1, -0.05) is 11.6 Å². The highest BCUT2D eigenvalue weighted by molar-refractivity contribution is 6.32. The van der Waals surface area contributed by atoms with Gasteiger partial charge < -0.3 is 9.47 Å². The van der Waals surface area contributed by atoms with Gasteiger partial charge in [-0.05, 0) is 36.4 Å². The molecule has 35 heavy (non-hydrogen) atoms. The first-order valence-electron chi connectivity index (χ1n) is 10.3. The molecule has 176 valence electrons. The van der Waals surface area contributed by atoms with Crippen LogP contribution in [0.4, 0.5) is 16.3 Å². The van der Waals surface area contributed by atoms with Crippen LogP contribution in [0.3, 0.4) is 0 Å². The molecule has 0 saturated carbocycles. The van der Waals surface area contributed by atoms with E-state index >= 15 is 0 Å². The van der Waals surface area contributed by atoms with Crippen molar-refractivity contribution in [3.05, 3.63) is 71.6 Å². The Labute approximate surface area is 205 Å². The maximum atomic E-state index is 13.4. The molecule has 0 aliphatic heterocycles. The predicted octanol–water partition coefficient (Wildman–Crippen LogP) is 4.41. The van der Waals surface area contributed by atoms with Crippen molar-refractivity contribution in [3.8, 4) is 23.1 Å². The number of benzene rings is 1. The van der Waals surface area contributed by atoms with Gasteiger partial charge in [0.2, 0.25) is 0 Å². The Morgan fingerprint density at radius 2 is 1.97 bits per heavy atom. The summed E-state index contributed by atoms with van der Waals surface area (Å²) in [5, 5.41) is 12.2. The largest absolute Gasteiger partial charge is 0.495 e. The highest BCUT2D eigenvalue weighted by Gasteiger charge is 2.20. The molecule has 1 aromatic carbocycles. The van der Waals surface area contributed by atoms with Crippen LogP contribution in [0.2, 0.25) is 5.02 Å². The van der Waals surface area contributed by atoms with E-state index in [4.69, 9.17) is 16.3 Å². The van der Waals surface area contributed by atoms with E-state index in [1.165, 1.54) is 19.1 Å². The summed E-state index contributed by atoms with van der Waals surface area (Å²) in [6.07, 6.45) is 4.26. The molecule has 0 atom stereocenters. The molecule has 10 nitrogen and oxygen atoms in total. The van der Waals surface area contributed by atoms with E-state index in [-0.39, 0.29) is 12.5 Å². The van der Waals surface area contributed by atoms with E-state index in [2.05, 4.69) is 20.0 Å². The molecule has 1 N–H and O–H groups in total. The zero-order valence-corrected chi connectivity index (χ0v) is 19.5. The summed E-state index contributed by atoms with van der Waals surface area (Å²) in [6, 6.07) is 13.6. The van der Waals surface area contributed by atoms with Gasteiger partial charge in [-0.15, -0.1) is 0 Å². The number of carbonyl (C=O) groups excluding carboxylic acids is 2. The number of nitriles is 1. The molecule has 3 aromatic heterocycles. The summed E-state index contributed by atoms with van der Waals surface area (Å²) >= 11 is 6.11. The second-order valence-corrected chi connectivity index (χ2v) is 7.61. The zero-order chi connectivity index (χ0) is 24.9. The lowest BCUT2D eigenvalue weighted by Crippen LogP contribution is -2.31. The normalized spacial score (nSPS) is 10.5. The van der Waals surface area contributed by atoms with E-state index < -0.39 is 6.09 Å². The van der Waals surface area contributed by atoms with E-state index in [9.17, 15) is 14.9 Å². The lowest BCUT2D eigenvalue weighted by molar-refractivity contribution is 0.0989. The third kappa shape index (κ3) is 4.85. The number of methoxy groups -OCH3 is 2. The van der Waals surface area contributed by atoms with Gasteiger partial charge in [-0.2, -0.15) is 5.26 Å². The van der Waals surface area contributed by atoms with E-state index in [1.54, 1.807) is 65.5 Å². The number of hydrogen-bond acceptors (Lipinski definition) is 7. The average molecular weight is 491 g/mol. The van der Waals surface area contributed by atoms with Crippen LogP contribution in [-0.4, -0.2) is 47.1 Å². The minimum Gasteiger partial charge on any atom is -0.495 e. The van der Waals surface area contributed by atoms with E-state index in [0.717, 1.165) is 0 Å². The molecular formula is C24H19ClN6O4. The molecule has 2 amide bonds. The van der Waals surface area contributed by atoms with Crippen molar-refractivity contribution in [1.82, 2.24) is 14.4 Å². The molecule has 3 heterocycles. The van der Waals surface area contributed by atoms with Gasteiger partial charge in [0, 0.05) is 29.7 Å². The van der Waals surface area contributed by atoms with Crippen LogP contribution in [0.25, 0.3) is 16.9 Å². The lowest BCUT2D eigenvalue weighted by Gasteiger charge is -2.21. The van der Waals surface area contributed by atoms with Gasteiger partial charge in [0.15, 0.2) is 0 Å². The fourth-order valence-electron chi connectivity index (χ4n) is 3.42. The quantitative estimate of drug-likeness (QED) is 0.397. The molecule has 0 aliphatic rings. The predicted molar refractivity (Wildman–Crippen MR) is 130 cm³/mol. The van der Waals surface area contributed by atoms with Crippen molar-refractivity contribution in [1.29, 1.82) is 5.26 Å². The number of carbonyl (C=O) groups is 2. The number of nitrogens with zero attached hydrogens (tertiary/aromatic N) is 5. The van der Waals surface area contributed by atoms with Gasteiger partial charge in [0.05, 0.1) is 42.8 Å². The van der Waals surface area contributed by atoms with Crippen molar-refractivity contribution in [2.75, 3.05) is 31.0 Å². The number of pyridine rings is 2. The van der Waals surface area contributed by atoms with Crippen molar-refractivity contribution in [2.24, 2.45) is 0 Å². The first-order chi connectivity index (χ1) is 16.9. The Hall–Kier alpha value is -4.62. The van der Waals surface area contributed by atoms with Crippen LogP contribution in [-0.2, 0) is 4.74 Å². The fraction of sp³-hybridized carbons (Fsp3) is 0.125. The monoisotopic (exact) mass is 490 g/mol. The third-order valence-corrected chi connectivity index (χ3v) is 5.46. The number of amides is 2. The van der Waals surface area contributed by atoms with Gasteiger partial charge >= 0.3 is 6.09 Å². The third-order valence-electron chi connectivity index (χ3n) is 5.15. The second kappa shape index (κ2) is 10.1. The molecule has 0 fully saturated rings. The topological polar surface area (TPSA) is 122 Å². The number of anilines is 2. The van der Waals surface area contributed by atoms with Crippen LogP contribution < -0.4 is 15.0 Å². The number of imidazole rings is 1. The number of nitrogens with one attached hydrogen (secondary N) is 1. The molecule has 4 aromatic rings. The zero-order valence-electron chi connectivity index (χ0n) is 18.7. The summed E-state index contributed by atoms with van der Waals surface area (Å²) in [5.74, 6) is 0.342. The van der Waals surface area contributed by atoms with Crippen LogP contribution in [0.1, 0.15) is 10.4 Å². The number of aromatic nitrogens is 3.